The molecule has 0 bridgehead atoms. The van der Waals surface area contributed by atoms with Gasteiger partial charge in [-0.25, -0.2) is 9.67 Å². The molecule has 2 aromatic carbocycles. The highest BCUT2D eigenvalue weighted by Crippen LogP contribution is 2.31. The number of imidazole rings is 1. The van der Waals surface area contributed by atoms with Crippen LogP contribution in [0.1, 0.15) is 22.6 Å². The van der Waals surface area contributed by atoms with Crippen LogP contribution in [0.3, 0.4) is 0 Å². The molecule has 142 valence electrons. The normalized spacial score (nSPS) is 11.5. The highest BCUT2D eigenvalue weighted by Gasteiger charge is 2.23. The van der Waals surface area contributed by atoms with E-state index in [9.17, 15) is 0 Å². The molecule has 0 fully saturated rings. The van der Waals surface area contributed by atoms with Crippen LogP contribution in [0.5, 0.6) is 5.75 Å². The van der Waals surface area contributed by atoms with Crippen LogP contribution in [0.2, 0.25) is 5.02 Å². The van der Waals surface area contributed by atoms with E-state index < -0.39 is 0 Å². The zero-order chi connectivity index (χ0) is 19.8. The molecule has 0 N–H and O–H groups in total. The highest BCUT2D eigenvalue weighted by molar-refractivity contribution is 6.30. The van der Waals surface area contributed by atoms with Crippen LogP contribution in [0, 0.1) is 11.8 Å². The Morgan fingerprint density at radius 2 is 2.10 bits per heavy atom. The maximum Gasteiger partial charge on any atom is 0.135 e. The van der Waals surface area contributed by atoms with Gasteiger partial charge in [-0.05, 0) is 35.7 Å². The summed E-state index contributed by atoms with van der Waals surface area (Å²) in [6.45, 7) is 0. The maximum absolute atomic E-state index is 6.06. The molecule has 7 heteroatoms. The van der Waals surface area contributed by atoms with Gasteiger partial charge in [-0.1, -0.05) is 34.9 Å². The van der Waals surface area contributed by atoms with Gasteiger partial charge < -0.3 is 4.74 Å². The average Bonchev–Trinajstić information content (AvgIpc) is 3.33. The molecule has 6 nitrogen and oxygen atoms in total. The first-order valence-electron chi connectivity index (χ1n) is 9.11. The minimum Gasteiger partial charge on any atom is -0.497 e. The Morgan fingerprint density at radius 1 is 1.17 bits per heavy atom. The lowest BCUT2D eigenvalue weighted by Crippen LogP contribution is -2.03. The molecule has 1 aliphatic rings. The number of hydrogen-bond donors (Lipinski definition) is 0. The van der Waals surface area contributed by atoms with Crippen LogP contribution in [0.25, 0.3) is 11.4 Å². The van der Waals surface area contributed by atoms with E-state index >= 15 is 0 Å². The number of rotatable bonds is 2. The monoisotopic (exact) mass is 401 g/mol. The summed E-state index contributed by atoms with van der Waals surface area (Å²) in [4.78, 5) is 4.57. The van der Waals surface area contributed by atoms with Gasteiger partial charge in [0.25, 0.3) is 0 Å². The number of fused-ring (bicyclic) bond motifs is 5. The molecule has 0 aliphatic carbocycles. The first-order valence-corrected chi connectivity index (χ1v) is 9.48. The molecule has 3 heterocycles. The van der Waals surface area contributed by atoms with Gasteiger partial charge in [-0.2, -0.15) is 0 Å². The Bertz CT molecular complexity index is 1280. The zero-order valence-corrected chi connectivity index (χ0v) is 16.4. The third-order valence-corrected chi connectivity index (χ3v) is 5.13. The molecule has 4 aromatic rings. The number of ether oxygens (including phenoxy) is 1. The fraction of sp³-hybridized carbons (Fsp3) is 0.136. The third kappa shape index (κ3) is 3.16. The molecule has 0 spiro atoms. The molecular weight excluding hydrogens is 386 g/mol. The average molecular weight is 402 g/mol. The van der Waals surface area contributed by atoms with Gasteiger partial charge in [-0.15, -0.1) is 5.10 Å². The summed E-state index contributed by atoms with van der Waals surface area (Å²) in [7, 11) is 1.65. The van der Waals surface area contributed by atoms with Gasteiger partial charge in [0.15, 0.2) is 0 Å². The van der Waals surface area contributed by atoms with Crippen molar-refractivity contribution < 1.29 is 4.74 Å². The van der Waals surface area contributed by atoms with Gasteiger partial charge >= 0.3 is 0 Å². The number of aromatic nitrogens is 5. The Kier molecular flexibility index (Phi) is 4.30. The van der Waals surface area contributed by atoms with Crippen molar-refractivity contribution in [3.63, 3.8) is 0 Å². The van der Waals surface area contributed by atoms with Gasteiger partial charge in [-0.3, -0.25) is 4.57 Å². The number of nitrogens with zero attached hydrogens (tertiary/aromatic N) is 5. The smallest absolute Gasteiger partial charge is 0.135 e. The number of halogens is 1. The van der Waals surface area contributed by atoms with E-state index in [1.165, 1.54) is 0 Å². The van der Waals surface area contributed by atoms with Crippen LogP contribution in [-0.2, 0) is 12.8 Å². The molecule has 0 saturated heterocycles. The van der Waals surface area contributed by atoms with Crippen molar-refractivity contribution in [1.82, 2.24) is 24.5 Å². The molecule has 1 aliphatic heterocycles. The van der Waals surface area contributed by atoms with Gasteiger partial charge in [0, 0.05) is 23.9 Å². The lowest BCUT2D eigenvalue weighted by molar-refractivity contribution is 0.414. The summed E-state index contributed by atoms with van der Waals surface area (Å²) < 4.78 is 9.29. The lowest BCUT2D eigenvalue weighted by Gasteiger charge is -2.11. The maximum atomic E-state index is 6.06. The van der Waals surface area contributed by atoms with Crippen LogP contribution in [0.15, 0.2) is 55.0 Å². The highest BCUT2D eigenvalue weighted by atomic mass is 35.5. The van der Waals surface area contributed by atoms with E-state index in [0.717, 1.165) is 39.8 Å². The Hall–Kier alpha value is -3.56. The second kappa shape index (κ2) is 7.12. The molecule has 0 atom stereocenters. The second-order valence-electron chi connectivity index (χ2n) is 6.69. The van der Waals surface area contributed by atoms with E-state index in [1.807, 2.05) is 53.5 Å². The van der Waals surface area contributed by atoms with Crippen LogP contribution < -0.4 is 4.74 Å². The fourth-order valence-electron chi connectivity index (χ4n) is 3.49. The summed E-state index contributed by atoms with van der Waals surface area (Å²) in [6.07, 6.45) is 4.82. The molecule has 0 radical (unpaired) electrons. The minimum absolute atomic E-state index is 0.611. The van der Waals surface area contributed by atoms with Gasteiger partial charge in [0.2, 0.25) is 0 Å². The Balaban J connectivity index is 1.57. The van der Waals surface area contributed by atoms with E-state index in [-0.39, 0.29) is 0 Å². The first kappa shape index (κ1) is 17.5. The van der Waals surface area contributed by atoms with Crippen molar-refractivity contribution in [3.8, 4) is 29.0 Å². The summed E-state index contributed by atoms with van der Waals surface area (Å²) in [5, 5.41) is 9.07. The van der Waals surface area contributed by atoms with E-state index in [1.54, 1.807) is 13.3 Å². The van der Waals surface area contributed by atoms with E-state index in [4.69, 9.17) is 16.3 Å². The minimum atomic E-state index is 0.611. The van der Waals surface area contributed by atoms with Crippen molar-refractivity contribution >= 4 is 11.6 Å². The number of methoxy groups -OCH3 is 1. The summed E-state index contributed by atoms with van der Waals surface area (Å²) in [5.74, 6) is 7.20. The topological polar surface area (TPSA) is 57.8 Å². The van der Waals surface area contributed by atoms with E-state index in [2.05, 4.69) is 31.7 Å². The first-order chi connectivity index (χ1) is 14.2. The predicted molar refractivity (Wildman–Crippen MR) is 110 cm³/mol. The summed E-state index contributed by atoms with van der Waals surface area (Å²) >= 11 is 6.06. The largest absolute Gasteiger partial charge is 0.497 e. The zero-order valence-electron chi connectivity index (χ0n) is 15.6. The molecule has 5 rings (SSSR count). The second-order valence-corrected chi connectivity index (χ2v) is 7.12. The van der Waals surface area contributed by atoms with Crippen LogP contribution in [-0.4, -0.2) is 31.7 Å². The summed E-state index contributed by atoms with van der Waals surface area (Å²) in [5.41, 5.74) is 5.66. The third-order valence-electron chi connectivity index (χ3n) is 4.89. The van der Waals surface area contributed by atoms with Crippen molar-refractivity contribution in [2.45, 2.75) is 12.8 Å². The van der Waals surface area contributed by atoms with E-state index in [0.29, 0.717) is 17.9 Å². The quantitative estimate of drug-likeness (QED) is 0.424. The molecule has 29 heavy (non-hydrogen) atoms. The molecule has 2 aromatic heterocycles. The summed E-state index contributed by atoms with van der Waals surface area (Å²) in [6, 6.07) is 13.6. The van der Waals surface area contributed by atoms with Gasteiger partial charge in [0.1, 0.15) is 17.8 Å². The lowest BCUT2D eigenvalue weighted by atomic mass is 10.1. The number of hydrogen-bond acceptors (Lipinski definition) is 4. The predicted octanol–water partition coefficient (Wildman–Crippen LogP) is 3.61. The van der Waals surface area contributed by atoms with Crippen LogP contribution >= 0.6 is 11.6 Å². The molecule has 0 amide bonds. The fourth-order valence-corrected chi connectivity index (χ4v) is 3.70. The van der Waals surface area contributed by atoms with Gasteiger partial charge in [0.05, 0.1) is 36.1 Å². The van der Waals surface area contributed by atoms with Crippen LogP contribution in [0.4, 0.5) is 0 Å². The standard InChI is InChI=1S/C22H16ClN5O/c1-29-18-8-9-20-22(12-18)28-17(13-25-26-28)11-21-19(24-14-27(20)21)7-3-5-15-4-2-6-16(23)10-15/h2,4,6,8-10,12-14H,5,11H2,1H3. The Labute approximate surface area is 172 Å². The van der Waals surface area contributed by atoms with Crippen molar-refractivity contribution in [1.29, 1.82) is 0 Å². The Morgan fingerprint density at radius 3 is 2.97 bits per heavy atom. The number of benzene rings is 2. The van der Waals surface area contributed by atoms with Crippen molar-refractivity contribution in [2.75, 3.05) is 7.11 Å². The molecular formula is C22H16ClN5O. The van der Waals surface area contributed by atoms with Crippen molar-refractivity contribution in [3.05, 3.63) is 82.7 Å². The van der Waals surface area contributed by atoms with Crippen molar-refractivity contribution in [2.24, 2.45) is 0 Å². The molecule has 0 saturated carbocycles. The molecule has 0 unspecified atom stereocenters. The SMILES string of the molecule is COc1ccc2c(c1)-n1nncc1Cc1c(C#CCc3cccc(Cl)c3)ncn1-2.